The summed E-state index contributed by atoms with van der Waals surface area (Å²) in [7, 11) is 2.15. The molecule has 1 spiro atoms. The minimum Gasteiger partial charge on any atom is -0.391 e. The minimum absolute atomic E-state index is 0.128. The number of carbonyl (C=O) groups excluding carboxylic acids is 1. The maximum atomic E-state index is 12.8. The average Bonchev–Trinajstić information content (AvgIpc) is 3.19. The highest BCUT2D eigenvalue weighted by Gasteiger charge is 2.58. The second-order valence-corrected chi connectivity index (χ2v) is 8.80. The molecule has 138 valence electrons. The lowest BCUT2D eigenvalue weighted by Gasteiger charge is -2.57. The summed E-state index contributed by atoms with van der Waals surface area (Å²) >= 11 is 0. The van der Waals surface area contributed by atoms with E-state index in [0.717, 1.165) is 37.9 Å². The largest absolute Gasteiger partial charge is 0.391 e. The van der Waals surface area contributed by atoms with E-state index in [9.17, 15) is 9.90 Å². The maximum Gasteiger partial charge on any atom is 0.257 e. The second-order valence-electron chi connectivity index (χ2n) is 8.80. The summed E-state index contributed by atoms with van der Waals surface area (Å²) in [6.07, 6.45) is 3.27. The minimum atomic E-state index is -0.483. The summed E-state index contributed by atoms with van der Waals surface area (Å²) < 4.78 is 5.27. The number of hydrogen-bond donors (Lipinski definition) is 2. The van der Waals surface area contributed by atoms with Gasteiger partial charge in [-0.05, 0) is 45.6 Å². The van der Waals surface area contributed by atoms with Gasteiger partial charge in [0.15, 0.2) is 0 Å². The predicted octanol–water partition coefficient (Wildman–Crippen LogP) is 2.07. The molecule has 2 unspecified atom stereocenters. The molecular weight excluding hydrogens is 318 g/mol. The van der Waals surface area contributed by atoms with Crippen molar-refractivity contribution in [2.24, 2.45) is 11.3 Å². The van der Waals surface area contributed by atoms with Crippen LogP contribution in [0.2, 0.25) is 0 Å². The Balaban J connectivity index is 1.48. The molecule has 3 aliphatic rings. The van der Waals surface area contributed by atoms with Gasteiger partial charge in [-0.3, -0.25) is 4.79 Å². The van der Waals surface area contributed by atoms with Gasteiger partial charge in [0.25, 0.3) is 5.91 Å². The molecular formula is C19H29N3O3. The van der Waals surface area contributed by atoms with Crippen molar-refractivity contribution < 1.29 is 14.4 Å². The molecule has 1 aliphatic heterocycles. The highest BCUT2D eigenvalue weighted by Crippen LogP contribution is 2.52. The summed E-state index contributed by atoms with van der Waals surface area (Å²) in [5, 5.41) is 17.8. The molecule has 3 fully saturated rings. The van der Waals surface area contributed by atoms with Gasteiger partial charge in [-0.15, -0.1) is 0 Å². The van der Waals surface area contributed by atoms with Crippen molar-refractivity contribution in [3.8, 4) is 0 Å². The summed E-state index contributed by atoms with van der Waals surface area (Å²) in [5.41, 5.74) is 1.51. The van der Waals surface area contributed by atoms with Crippen LogP contribution in [0.25, 0.3) is 0 Å². The Kier molecular flexibility index (Phi) is 3.96. The molecule has 2 saturated carbocycles. The molecule has 4 atom stereocenters. The number of rotatable bonds is 4. The molecule has 25 heavy (non-hydrogen) atoms. The van der Waals surface area contributed by atoms with E-state index < -0.39 is 6.10 Å². The van der Waals surface area contributed by atoms with Crippen LogP contribution in [0, 0.1) is 18.3 Å². The van der Waals surface area contributed by atoms with Crippen LogP contribution in [-0.4, -0.2) is 52.9 Å². The summed E-state index contributed by atoms with van der Waals surface area (Å²) in [4.78, 5) is 15.2. The maximum absolute atomic E-state index is 12.8. The number of nitrogens with zero attached hydrogens (tertiary/aromatic N) is 2. The molecule has 1 aromatic rings. The van der Waals surface area contributed by atoms with Gasteiger partial charge < -0.3 is 19.8 Å². The van der Waals surface area contributed by atoms with Gasteiger partial charge >= 0.3 is 0 Å². The number of aliphatic hydroxyl groups excluding tert-OH is 1. The van der Waals surface area contributed by atoms with Crippen molar-refractivity contribution >= 4 is 5.91 Å². The normalized spacial score (nSPS) is 35.4. The van der Waals surface area contributed by atoms with Gasteiger partial charge in [0.05, 0.1) is 17.8 Å². The molecule has 2 aliphatic carbocycles. The zero-order valence-corrected chi connectivity index (χ0v) is 15.6. The zero-order valence-electron chi connectivity index (χ0n) is 15.6. The number of nitrogens with one attached hydrogen (secondary N) is 1. The van der Waals surface area contributed by atoms with Crippen LogP contribution < -0.4 is 5.32 Å². The Labute approximate surface area is 148 Å². The number of amides is 1. The number of hydrogen-bond acceptors (Lipinski definition) is 5. The smallest absolute Gasteiger partial charge is 0.257 e. The molecule has 0 radical (unpaired) electrons. The van der Waals surface area contributed by atoms with Gasteiger partial charge in [-0.25, -0.2) is 0 Å². The third-order valence-electron chi connectivity index (χ3n) is 6.40. The van der Waals surface area contributed by atoms with Gasteiger partial charge in [-0.2, -0.15) is 0 Å². The Morgan fingerprint density at radius 1 is 1.40 bits per heavy atom. The molecule has 0 bridgehead atoms. The molecule has 2 N–H and O–H groups in total. The molecule has 2 heterocycles. The molecule has 1 amide bonds. The van der Waals surface area contributed by atoms with E-state index in [1.54, 1.807) is 6.92 Å². The van der Waals surface area contributed by atoms with Crippen LogP contribution in [0.1, 0.15) is 67.3 Å². The van der Waals surface area contributed by atoms with Crippen LogP contribution in [-0.2, 0) is 0 Å². The van der Waals surface area contributed by atoms with Crippen molar-refractivity contribution in [2.75, 3.05) is 13.6 Å². The van der Waals surface area contributed by atoms with E-state index in [4.69, 9.17) is 4.52 Å². The molecule has 1 saturated heterocycles. The highest BCUT2D eigenvalue weighted by molar-refractivity contribution is 5.96. The number of likely N-dealkylation sites (tertiary alicyclic amines) is 1. The fourth-order valence-electron chi connectivity index (χ4n) is 5.54. The number of aromatic nitrogens is 1. The molecule has 4 rings (SSSR count). The van der Waals surface area contributed by atoms with Crippen molar-refractivity contribution in [2.45, 2.75) is 70.6 Å². The third kappa shape index (κ3) is 2.70. The molecule has 6 heteroatoms. The number of aryl methyl sites for hydroxylation is 1. The molecule has 6 nitrogen and oxygen atoms in total. The first kappa shape index (κ1) is 17.0. The SMILES string of the molecule is Cc1onc(C2CC2)c1C(=O)N[C@@H]1CC2(C[C@H]1O)CN(C)C2C(C)C. The van der Waals surface area contributed by atoms with Crippen LogP contribution in [0.4, 0.5) is 0 Å². The van der Waals surface area contributed by atoms with E-state index in [0.29, 0.717) is 29.2 Å². The van der Waals surface area contributed by atoms with E-state index in [-0.39, 0.29) is 17.4 Å². The first-order valence-corrected chi connectivity index (χ1v) is 9.48. The van der Waals surface area contributed by atoms with E-state index in [2.05, 4.69) is 36.3 Å². The van der Waals surface area contributed by atoms with Crippen LogP contribution in [0.3, 0.4) is 0 Å². The first-order valence-electron chi connectivity index (χ1n) is 9.48. The second kappa shape index (κ2) is 5.81. The van der Waals surface area contributed by atoms with Crippen molar-refractivity contribution in [1.82, 2.24) is 15.4 Å². The van der Waals surface area contributed by atoms with Crippen molar-refractivity contribution in [3.05, 3.63) is 17.0 Å². The number of aliphatic hydroxyl groups is 1. The molecule has 0 aromatic carbocycles. The van der Waals surface area contributed by atoms with Gasteiger partial charge in [0, 0.05) is 23.9 Å². The lowest BCUT2D eigenvalue weighted by molar-refractivity contribution is -0.0827. The van der Waals surface area contributed by atoms with Crippen molar-refractivity contribution in [3.63, 3.8) is 0 Å². The fourth-order valence-corrected chi connectivity index (χ4v) is 5.54. The first-order chi connectivity index (χ1) is 11.8. The van der Waals surface area contributed by atoms with E-state index in [1.807, 2.05) is 0 Å². The Bertz CT molecular complexity index is 677. The summed E-state index contributed by atoms with van der Waals surface area (Å²) in [6, 6.07) is 0.284. The van der Waals surface area contributed by atoms with E-state index in [1.165, 1.54) is 0 Å². The Morgan fingerprint density at radius 3 is 2.72 bits per heavy atom. The fraction of sp³-hybridized carbons (Fsp3) is 0.789. The Hall–Kier alpha value is -1.40. The van der Waals surface area contributed by atoms with Crippen molar-refractivity contribution in [1.29, 1.82) is 0 Å². The van der Waals surface area contributed by atoms with Crippen LogP contribution in [0.15, 0.2) is 4.52 Å². The average molecular weight is 347 g/mol. The predicted molar refractivity (Wildman–Crippen MR) is 93.4 cm³/mol. The lowest BCUT2D eigenvalue weighted by atomic mass is 9.66. The lowest BCUT2D eigenvalue weighted by Crippen LogP contribution is -2.64. The highest BCUT2D eigenvalue weighted by atomic mass is 16.5. The van der Waals surface area contributed by atoms with Gasteiger partial charge in [0.1, 0.15) is 11.3 Å². The van der Waals surface area contributed by atoms with Crippen LogP contribution in [0.5, 0.6) is 0 Å². The summed E-state index contributed by atoms with van der Waals surface area (Å²) in [6.45, 7) is 7.26. The zero-order chi connectivity index (χ0) is 17.9. The third-order valence-corrected chi connectivity index (χ3v) is 6.40. The monoisotopic (exact) mass is 347 g/mol. The number of carbonyl (C=O) groups is 1. The Morgan fingerprint density at radius 2 is 2.12 bits per heavy atom. The topological polar surface area (TPSA) is 78.6 Å². The summed E-state index contributed by atoms with van der Waals surface area (Å²) in [5.74, 6) is 1.34. The van der Waals surface area contributed by atoms with E-state index >= 15 is 0 Å². The standard InChI is InChI=1S/C19H29N3O3/c1-10(2)17-19(9-22(17)4)7-13(14(23)8-19)20-18(24)15-11(3)25-21-16(15)12-5-6-12/h10,12-14,17,23H,5-9H2,1-4H3,(H,20,24)/t13-,14-,17?,19?/m1/s1. The van der Waals surface area contributed by atoms with Crippen LogP contribution >= 0.6 is 0 Å². The quantitative estimate of drug-likeness (QED) is 0.872. The van der Waals surface area contributed by atoms with Gasteiger partial charge in [0.2, 0.25) is 0 Å². The molecule has 1 aromatic heterocycles. The van der Waals surface area contributed by atoms with Gasteiger partial charge in [-0.1, -0.05) is 19.0 Å².